The summed E-state index contributed by atoms with van der Waals surface area (Å²) in [5, 5.41) is 0. The second-order valence-electron chi connectivity index (χ2n) is 3.32. The standard InChI is InChI=1S/C11H10N2O2/c1-7-4-2-3-5-8(7)9-6-10(14)13-11(15)12-9/h2-6H,1H3,(H2,12,13,14,15). The summed E-state index contributed by atoms with van der Waals surface area (Å²) in [5.74, 6) is 0. The van der Waals surface area contributed by atoms with Crippen molar-refractivity contribution in [2.24, 2.45) is 0 Å². The quantitative estimate of drug-likeness (QED) is 0.725. The number of aryl methyl sites for hydroxylation is 1. The van der Waals surface area contributed by atoms with Crippen LogP contribution in [0.15, 0.2) is 39.9 Å². The van der Waals surface area contributed by atoms with E-state index in [9.17, 15) is 9.59 Å². The van der Waals surface area contributed by atoms with Crippen LogP contribution in [0.2, 0.25) is 0 Å². The lowest BCUT2D eigenvalue weighted by molar-refractivity contribution is 1.04. The fourth-order valence-electron chi connectivity index (χ4n) is 1.49. The van der Waals surface area contributed by atoms with Gasteiger partial charge in [0.2, 0.25) is 0 Å². The van der Waals surface area contributed by atoms with Gasteiger partial charge in [-0.3, -0.25) is 9.78 Å². The van der Waals surface area contributed by atoms with Crippen molar-refractivity contribution in [1.29, 1.82) is 0 Å². The molecule has 0 spiro atoms. The first-order valence-electron chi connectivity index (χ1n) is 4.56. The molecule has 0 saturated heterocycles. The molecular weight excluding hydrogens is 192 g/mol. The Labute approximate surface area is 85.6 Å². The van der Waals surface area contributed by atoms with E-state index in [4.69, 9.17) is 0 Å². The van der Waals surface area contributed by atoms with Crippen molar-refractivity contribution in [1.82, 2.24) is 9.97 Å². The molecule has 0 aliphatic carbocycles. The van der Waals surface area contributed by atoms with Gasteiger partial charge in [-0.15, -0.1) is 0 Å². The van der Waals surface area contributed by atoms with Gasteiger partial charge in [0.05, 0.1) is 5.69 Å². The summed E-state index contributed by atoms with van der Waals surface area (Å²) in [6, 6.07) is 8.94. The Hall–Kier alpha value is -2.10. The Morgan fingerprint density at radius 3 is 2.47 bits per heavy atom. The summed E-state index contributed by atoms with van der Waals surface area (Å²) in [5.41, 5.74) is 1.54. The van der Waals surface area contributed by atoms with Crippen LogP contribution < -0.4 is 11.2 Å². The van der Waals surface area contributed by atoms with E-state index in [1.54, 1.807) is 0 Å². The second-order valence-corrected chi connectivity index (χ2v) is 3.32. The van der Waals surface area contributed by atoms with Gasteiger partial charge in [0.25, 0.3) is 5.56 Å². The number of benzene rings is 1. The fraction of sp³-hybridized carbons (Fsp3) is 0.0909. The van der Waals surface area contributed by atoms with Crippen LogP contribution in [0.4, 0.5) is 0 Å². The smallest absolute Gasteiger partial charge is 0.307 e. The largest absolute Gasteiger partial charge is 0.326 e. The number of hydrogen-bond donors (Lipinski definition) is 2. The van der Waals surface area contributed by atoms with E-state index >= 15 is 0 Å². The van der Waals surface area contributed by atoms with E-state index in [-0.39, 0.29) is 0 Å². The summed E-state index contributed by atoms with van der Waals surface area (Å²) in [6.45, 7) is 1.93. The van der Waals surface area contributed by atoms with Crippen molar-refractivity contribution in [3.63, 3.8) is 0 Å². The topological polar surface area (TPSA) is 65.7 Å². The van der Waals surface area contributed by atoms with Crippen molar-refractivity contribution in [3.05, 3.63) is 56.7 Å². The molecule has 15 heavy (non-hydrogen) atoms. The van der Waals surface area contributed by atoms with Gasteiger partial charge in [0.15, 0.2) is 0 Å². The predicted octanol–water partition coefficient (Wildman–Crippen LogP) is 1.04. The summed E-state index contributed by atoms with van der Waals surface area (Å²) in [7, 11) is 0. The molecule has 4 heteroatoms. The van der Waals surface area contributed by atoms with Crippen molar-refractivity contribution in [2.45, 2.75) is 6.92 Å². The molecule has 1 aromatic heterocycles. The van der Waals surface area contributed by atoms with E-state index in [1.165, 1.54) is 6.07 Å². The van der Waals surface area contributed by atoms with E-state index in [0.717, 1.165) is 11.1 Å². The van der Waals surface area contributed by atoms with Gasteiger partial charge >= 0.3 is 5.69 Å². The van der Waals surface area contributed by atoms with Crippen LogP contribution in [0, 0.1) is 6.92 Å². The molecule has 76 valence electrons. The first kappa shape index (κ1) is 9.45. The summed E-state index contributed by atoms with van der Waals surface area (Å²) in [4.78, 5) is 26.9. The van der Waals surface area contributed by atoms with Gasteiger partial charge in [-0.2, -0.15) is 0 Å². The second kappa shape index (κ2) is 3.57. The fourth-order valence-corrected chi connectivity index (χ4v) is 1.49. The van der Waals surface area contributed by atoms with Gasteiger partial charge in [-0.1, -0.05) is 24.3 Å². The Morgan fingerprint density at radius 2 is 1.80 bits per heavy atom. The summed E-state index contributed by atoms with van der Waals surface area (Å²) < 4.78 is 0. The van der Waals surface area contributed by atoms with Gasteiger partial charge in [0, 0.05) is 11.6 Å². The number of H-pyrrole nitrogens is 2. The average Bonchev–Trinajstić information content (AvgIpc) is 2.16. The summed E-state index contributed by atoms with van der Waals surface area (Å²) in [6.07, 6.45) is 0. The van der Waals surface area contributed by atoms with Crippen molar-refractivity contribution < 1.29 is 0 Å². The first-order chi connectivity index (χ1) is 7.16. The minimum Gasteiger partial charge on any atom is -0.307 e. The molecule has 0 fully saturated rings. The minimum absolute atomic E-state index is 0.392. The molecule has 2 aromatic rings. The number of rotatable bonds is 1. The van der Waals surface area contributed by atoms with Crippen LogP contribution in [0.3, 0.4) is 0 Å². The predicted molar refractivity (Wildman–Crippen MR) is 57.9 cm³/mol. The zero-order chi connectivity index (χ0) is 10.8. The van der Waals surface area contributed by atoms with E-state index < -0.39 is 11.2 Å². The summed E-state index contributed by atoms with van der Waals surface area (Å²) >= 11 is 0. The SMILES string of the molecule is Cc1ccccc1-c1cc(=O)[nH]c(=O)[nH]1. The number of aromatic amines is 2. The van der Waals surface area contributed by atoms with Gasteiger partial charge in [-0.25, -0.2) is 4.79 Å². The lowest BCUT2D eigenvalue weighted by atomic mass is 10.1. The van der Waals surface area contributed by atoms with Crippen LogP contribution in [0.1, 0.15) is 5.56 Å². The Balaban J connectivity index is 2.70. The molecule has 0 bridgehead atoms. The highest BCUT2D eigenvalue weighted by atomic mass is 16.2. The monoisotopic (exact) mass is 202 g/mol. The highest BCUT2D eigenvalue weighted by molar-refractivity contribution is 5.62. The molecular formula is C11H10N2O2. The number of hydrogen-bond acceptors (Lipinski definition) is 2. The van der Waals surface area contributed by atoms with Crippen molar-refractivity contribution >= 4 is 0 Å². The van der Waals surface area contributed by atoms with Crippen molar-refractivity contribution in [3.8, 4) is 11.3 Å². The highest BCUT2D eigenvalue weighted by Gasteiger charge is 2.02. The number of aromatic nitrogens is 2. The Bertz CT molecular complexity index is 568. The average molecular weight is 202 g/mol. The molecule has 0 atom stereocenters. The maximum absolute atomic E-state index is 11.1. The molecule has 0 aliphatic heterocycles. The van der Waals surface area contributed by atoms with Gasteiger partial charge in [0.1, 0.15) is 0 Å². The van der Waals surface area contributed by atoms with Crippen LogP contribution in [0.25, 0.3) is 11.3 Å². The molecule has 1 aromatic carbocycles. The van der Waals surface area contributed by atoms with Crippen LogP contribution >= 0.6 is 0 Å². The van der Waals surface area contributed by atoms with Crippen LogP contribution in [-0.2, 0) is 0 Å². The lowest BCUT2D eigenvalue weighted by Crippen LogP contribution is -2.21. The third-order valence-electron chi connectivity index (χ3n) is 2.20. The maximum Gasteiger partial charge on any atom is 0.326 e. The molecule has 0 radical (unpaired) electrons. The molecule has 1 heterocycles. The Kier molecular flexibility index (Phi) is 2.25. The van der Waals surface area contributed by atoms with Gasteiger partial charge < -0.3 is 4.98 Å². The molecule has 0 saturated carbocycles. The highest BCUT2D eigenvalue weighted by Crippen LogP contribution is 2.18. The normalized spacial score (nSPS) is 10.2. The first-order valence-corrected chi connectivity index (χ1v) is 4.56. The third-order valence-corrected chi connectivity index (χ3v) is 2.20. The van der Waals surface area contributed by atoms with E-state index in [1.807, 2.05) is 31.2 Å². The zero-order valence-electron chi connectivity index (χ0n) is 8.20. The van der Waals surface area contributed by atoms with Gasteiger partial charge in [-0.05, 0) is 12.5 Å². The minimum atomic E-state index is -0.485. The molecule has 0 amide bonds. The Morgan fingerprint density at radius 1 is 1.07 bits per heavy atom. The van der Waals surface area contributed by atoms with E-state index in [2.05, 4.69) is 9.97 Å². The molecule has 2 N–H and O–H groups in total. The zero-order valence-corrected chi connectivity index (χ0v) is 8.20. The molecule has 4 nitrogen and oxygen atoms in total. The van der Waals surface area contributed by atoms with Crippen molar-refractivity contribution in [2.75, 3.05) is 0 Å². The maximum atomic E-state index is 11.1. The van der Waals surface area contributed by atoms with E-state index in [0.29, 0.717) is 5.69 Å². The molecule has 0 aliphatic rings. The van der Waals surface area contributed by atoms with Crippen LogP contribution in [-0.4, -0.2) is 9.97 Å². The van der Waals surface area contributed by atoms with Crippen LogP contribution in [0.5, 0.6) is 0 Å². The molecule has 0 unspecified atom stereocenters. The number of nitrogens with one attached hydrogen (secondary N) is 2. The lowest BCUT2D eigenvalue weighted by Gasteiger charge is -2.03. The molecule has 2 rings (SSSR count). The third kappa shape index (κ3) is 1.88.